The van der Waals surface area contributed by atoms with Crippen LogP contribution in [0.3, 0.4) is 0 Å². The number of para-hydroxylation sites is 1. The van der Waals surface area contributed by atoms with Crippen molar-refractivity contribution in [2.24, 2.45) is 0 Å². The van der Waals surface area contributed by atoms with Crippen LogP contribution in [0.2, 0.25) is 0 Å². The van der Waals surface area contributed by atoms with E-state index in [1.54, 1.807) is 12.5 Å². The zero-order chi connectivity index (χ0) is 12.7. The number of H-pyrrole nitrogens is 2. The minimum atomic E-state index is 0.808. The lowest BCUT2D eigenvalue weighted by atomic mass is 10.1. The van der Waals surface area contributed by atoms with Gasteiger partial charge < -0.3 is 14.4 Å². The fourth-order valence-corrected chi connectivity index (χ4v) is 2.40. The lowest BCUT2D eigenvalue weighted by molar-refractivity contribution is 0.583. The Kier molecular flexibility index (Phi) is 2.08. The Morgan fingerprint density at radius 1 is 1.05 bits per heavy atom. The van der Waals surface area contributed by atoms with Gasteiger partial charge in [0.2, 0.25) is 0 Å². The number of aromatic nitrogens is 3. The number of nitrogens with zero attached hydrogens (tertiary/aromatic N) is 1. The van der Waals surface area contributed by atoms with Gasteiger partial charge in [-0.1, -0.05) is 18.2 Å². The number of benzene rings is 1. The molecule has 0 bridgehead atoms. The van der Waals surface area contributed by atoms with Crippen LogP contribution in [0.1, 0.15) is 0 Å². The monoisotopic (exact) mass is 249 g/mol. The summed E-state index contributed by atoms with van der Waals surface area (Å²) in [6, 6.07) is 12.0. The van der Waals surface area contributed by atoms with Crippen molar-refractivity contribution in [3.05, 3.63) is 55.1 Å². The zero-order valence-corrected chi connectivity index (χ0v) is 10.1. The maximum Gasteiger partial charge on any atom is 0.154 e. The van der Waals surface area contributed by atoms with Crippen LogP contribution < -0.4 is 0 Å². The van der Waals surface area contributed by atoms with Crippen LogP contribution >= 0.6 is 0 Å². The van der Waals surface area contributed by atoms with Gasteiger partial charge in [-0.3, -0.25) is 0 Å². The van der Waals surface area contributed by atoms with Gasteiger partial charge >= 0.3 is 0 Å². The molecule has 0 saturated heterocycles. The van der Waals surface area contributed by atoms with Crippen molar-refractivity contribution in [3.8, 4) is 22.8 Å². The summed E-state index contributed by atoms with van der Waals surface area (Å²) in [6.45, 7) is 0. The second-order valence-corrected chi connectivity index (χ2v) is 4.34. The molecular weight excluding hydrogens is 238 g/mol. The van der Waals surface area contributed by atoms with Crippen LogP contribution in [0.5, 0.6) is 0 Å². The highest BCUT2D eigenvalue weighted by molar-refractivity contribution is 6.01. The molecule has 3 heterocycles. The third-order valence-electron chi connectivity index (χ3n) is 3.21. The smallest absolute Gasteiger partial charge is 0.154 e. The Balaban J connectivity index is 2.10. The van der Waals surface area contributed by atoms with E-state index in [1.807, 2.05) is 36.5 Å². The van der Waals surface area contributed by atoms with E-state index in [-0.39, 0.29) is 0 Å². The second kappa shape index (κ2) is 3.88. The number of hydrogen-bond donors (Lipinski definition) is 2. The molecule has 4 nitrogen and oxygen atoms in total. The predicted octanol–water partition coefficient (Wildman–Crippen LogP) is 3.82. The van der Waals surface area contributed by atoms with E-state index in [0.717, 1.165) is 33.7 Å². The summed E-state index contributed by atoms with van der Waals surface area (Å²) >= 11 is 0. The summed E-state index contributed by atoms with van der Waals surface area (Å²) in [5.74, 6) is 1.64. The summed E-state index contributed by atoms with van der Waals surface area (Å²) in [4.78, 5) is 10.9. The van der Waals surface area contributed by atoms with Crippen molar-refractivity contribution in [2.45, 2.75) is 0 Å². The predicted molar refractivity (Wildman–Crippen MR) is 73.6 cm³/mol. The van der Waals surface area contributed by atoms with Gasteiger partial charge in [0, 0.05) is 23.3 Å². The molecular formula is C15H11N3O. The van der Waals surface area contributed by atoms with Crippen LogP contribution in [0.25, 0.3) is 33.7 Å². The van der Waals surface area contributed by atoms with Crippen molar-refractivity contribution < 1.29 is 4.42 Å². The maximum atomic E-state index is 5.56. The molecule has 0 atom stereocenters. The van der Waals surface area contributed by atoms with Crippen LogP contribution in [0, 0.1) is 0 Å². The minimum absolute atomic E-state index is 0.808. The van der Waals surface area contributed by atoms with Gasteiger partial charge in [0.1, 0.15) is 5.76 Å². The highest BCUT2D eigenvalue weighted by Crippen LogP contribution is 2.36. The van der Waals surface area contributed by atoms with Crippen molar-refractivity contribution in [2.75, 3.05) is 0 Å². The van der Waals surface area contributed by atoms with E-state index in [1.165, 1.54) is 0 Å². The molecule has 0 unspecified atom stereocenters. The lowest BCUT2D eigenvalue weighted by Crippen LogP contribution is -1.83. The normalized spacial score (nSPS) is 11.2. The minimum Gasteiger partial charge on any atom is -0.464 e. The van der Waals surface area contributed by atoms with Gasteiger partial charge in [0.05, 0.1) is 17.5 Å². The van der Waals surface area contributed by atoms with Gasteiger partial charge in [0.15, 0.2) is 5.82 Å². The molecule has 0 saturated carbocycles. The van der Waals surface area contributed by atoms with E-state index in [2.05, 4.69) is 21.0 Å². The van der Waals surface area contributed by atoms with E-state index < -0.39 is 0 Å². The molecule has 0 fully saturated rings. The molecule has 0 aliphatic rings. The number of hydrogen-bond acceptors (Lipinski definition) is 2. The molecule has 19 heavy (non-hydrogen) atoms. The van der Waals surface area contributed by atoms with Crippen molar-refractivity contribution in [1.82, 2.24) is 15.0 Å². The fourth-order valence-electron chi connectivity index (χ4n) is 2.40. The van der Waals surface area contributed by atoms with Crippen molar-refractivity contribution in [3.63, 3.8) is 0 Å². The lowest BCUT2D eigenvalue weighted by Gasteiger charge is -1.98. The van der Waals surface area contributed by atoms with Crippen LogP contribution in [-0.4, -0.2) is 15.0 Å². The quantitative estimate of drug-likeness (QED) is 0.567. The highest BCUT2D eigenvalue weighted by atomic mass is 16.3. The Labute approximate surface area is 109 Å². The molecule has 4 aromatic rings. The summed E-state index contributed by atoms with van der Waals surface area (Å²) in [5, 5.41) is 1.13. The van der Waals surface area contributed by atoms with Gasteiger partial charge in [0.25, 0.3) is 0 Å². The van der Waals surface area contributed by atoms with Gasteiger partial charge in [-0.2, -0.15) is 0 Å². The van der Waals surface area contributed by atoms with Gasteiger partial charge in [-0.15, -0.1) is 0 Å². The fraction of sp³-hybridized carbons (Fsp3) is 0. The molecule has 0 amide bonds. The first-order chi connectivity index (χ1) is 9.43. The number of aromatic amines is 2. The molecule has 92 valence electrons. The number of furan rings is 1. The molecule has 4 rings (SSSR count). The van der Waals surface area contributed by atoms with Gasteiger partial charge in [-0.25, -0.2) is 4.98 Å². The summed E-state index contributed by atoms with van der Waals surface area (Å²) in [7, 11) is 0. The summed E-state index contributed by atoms with van der Waals surface area (Å²) < 4.78 is 5.56. The molecule has 0 aliphatic carbocycles. The Bertz CT molecular complexity index is 810. The average Bonchev–Trinajstić information content (AvgIpc) is 3.17. The first kappa shape index (κ1) is 10.2. The number of fused-ring (bicyclic) bond motifs is 1. The Morgan fingerprint density at radius 3 is 2.79 bits per heavy atom. The zero-order valence-electron chi connectivity index (χ0n) is 10.1. The third-order valence-corrected chi connectivity index (χ3v) is 3.21. The number of imidazole rings is 1. The summed E-state index contributed by atoms with van der Waals surface area (Å²) in [5.41, 5.74) is 3.05. The number of nitrogens with one attached hydrogen (secondary N) is 2. The molecule has 0 aliphatic heterocycles. The van der Waals surface area contributed by atoms with E-state index in [9.17, 15) is 0 Å². The Morgan fingerprint density at radius 2 is 2.00 bits per heavy atom. The third kappa shape index (κ3) is 1.50. The van der Waals surface area contributed by atoms with Crippen molar-refractivity contribution >= 4 is 10.9 Å². The second-order valence-electron chi connectivity index (χ2n) is 4.34. The largest absolute Gasteiger partial charge is 0.464 e. The topological polar surface area (TPSA) is 57.6 Å². The van der Waals surface area contributed by atoms with E-state index >= 15 is 0 Å². The highest BCUT2D eigenvalue weighted by Gasteiger charge is 2.17. The first-order valence-electron chi connectivity index (χ1n) is 6.08. The molecule has 2 N–H and O–H groups in total. The molecule has 4 heteroatoms. The maximum absolute atomic E-state index is 5.56. The SMILES string of the molecule is c1coc(-c2c(-c3ncc[nH]3)[nH]c3ccccc23)c1. The molecule has 0 spiro atoms. The van der Waals surface area contributed by atoms with Crippen molar-refractivity contribution in [1.29, 1.82) is 0 Å². The standard InChI is InChI=1S/C15H11N3O/c1-2-5-11-10(4-1)13(12-6-3-9-19-12)14(18-11)15-16-7-8-17-15/h1-9,18H,(H,16,17). The Hall–Kier alpha value is -2.75. The van der Waals surface area contributed by atoms with Crippen LogP contribution in [-0.2, 0) is 0 Å². The van der Waals surface area contributed by atoms with Gasteiger partial charge in [-0.05, 0) is 18.2 Å². The van der Waals surface area contributed by atoms with E-state index in [0.29, 0.717) is 0 Å². The first-order valence-corrected chi connectivity index (χ1v) is 6.08. The summed E-state index contributed by atoms with van der Waals surface area (Å²) in [6.07, 6.45) is 5.24. The van der Waals surface area contributed by atoms with Crippen LogP contribution in [0.15, 0.2) is 59.5 Å². The number of rotatable bonds is 2. The average molecular weight is 249 g/mol. The van der Waals surface area contributed by atoms with E-state index in [4.69, 9.17) is 4.42 Å². The molecule has 1 aromatic carbocycles. The molecule has 0 radical (unpaired) electrons. The van der Waals surface area contributed by atoms with Crippen LogP contribution in [0.4, 0.5) is 0 Å². The molecule has 3 aromatic heterocycles.